The maximum atomic E-state index is 13.6. The fraction of sp³-hybridized carbons (Fsp3) is 0.355. The molecule has 1 unspecified atom stereocenters. The van der Waals surface area contributed by atoms with Crippen molar-refractivity contribution in [1.29, 1.82) is 0 Å². The maximum absolute atomic E-state index is 13.6. The van der Waals surface area contributed by atoms with Gasteiger partial charge < -0.3 is 15.0 Å². The second-order valence-corrected chi connectivity index (χ2v) is 10.6. The van der Waals surface area contributed by atoms with Crippen molar-refractivity contribution in [2.24, 2.45) is 0 Å². The zero-order chi connectivity index (χ0) is 26.0. The van der Waals surface area contributed by atoms with E-state index in [-0.39, 0.29) is 30.5 Å². The van der Waals surface area contributed by atoms with Crippen molar-refractivity contribution in [2.75, 3.05) is 11.9 Å². The van der Waals surface area contributed by atoms with E-state index in [1.165, 1.54) is 19.3 Å². The van der Waals surface area contributed by atoms with E-state index in [1.807, 2.05) is 73.7 Å². The van der Waals surface area contributed by atoms with Crippen molar-refractivity contribution in [3.05, 3.63) is 90.0 Å². The Morgan fingerprint density at radius 2 is 1.68 bits per heavy atom. The van der Waals surface area contributed by atoms with Crippen molar-refractivity contribution in [3.8, 4) is 0 Å². The van der Waals surface area contributed by atoms with Crippen LogP contribution in [0.15, 0.2) is 88.7 Å². The van der Waals surface area contributed by atoms with Gasteiger partial charge in [0.2, 0.25) is 0 Å². The molecule has 4 rings (SSSR count). The minimum atomic E-state index is -0.213. The smallest absolute Gasteiger partial charge is 0.322 e. The number of rotatable bonds is 9. The number of nitrogens with one attached hydrogen (secondary N) is 1. The molecule has 6 heteroatoms. The van der Waals surface area contributed by atoms with Crippen LogP contribution in [0.2, 0.25) is 0 Å². The van der Waals surface area contributed by atoms with Gasteiger partial charge in [-0.25, -0.2) is 4.79 Å². The average molecular weight is 517 g/mol. The van der Waals surface area contributed by atoms with E-state index in [0.29, 0.717) is 6.61 Å². The number of carbonyl (C=O) groups excluding carboxylic acids is 2. The lowest BCUT2D eigenvalue weighted by Gasteiger charge is -2.39. The molecule has 1 fully saturated rings. The predicted octanol–water partition coefficient (Wildman–Crippen LogP) is 7.87. The standard InChI is InChI=1S/C31H36N2O3S/c1-3-36-30(34)21-24-17-19-28(20-18-24)37-29-16-10-13-26(22-29)32-31(35)33(27-14-8-5-9-15-27)23(2)25-11-6-4-7-12-25/h4,6-7,10-13,16-20,22-23,27H,3,5,8-9,14-15,21H2,1-2H3,(H,32,35). The zero-order valence-electron chi connectivity index (χ0n) is 21.7. The molecule has 5 nitrogen and oxygen atoms in total. The molecular formula is C31H36N2O3S. The van der Waals surface area contributed by atoms with E-state index < -0.39 is 0 Å². The summed E-state index contributed by atoms with van der Waals surface area (Å²) >= 11 is 1.63. The van der Waals surface area contributed by atoms with Crippen molar-refractivity contribution in [1.82, 2.24) is 4.90 Å². The molecule has 0 saturated heterocycles. The molecular weight excluding hydrogens is 480 g/mol. The summed E-state index contributed by atoms with van der Waals surface area (Å²) in [5.74, 6) is -0.213. The van der Waals surface area contributed by atoms with Crippen LogP contribution in [0.4, 0.5) is 10.5 Å². The second-order valence-electron chi connectivity index (χ2n) is 9.47. The number of urea groups is 1. The van der Waals surface area contributed by atoms with Gasteiger partial charge >= 0.3 is 12.0 Å². The largest absolute Gasteiger partial charge is 0.466 e. The summed E-state index contributed by atoms with van der Waals surface area (Å²) in [7, 11) is 0. The lowest BCUT2D eigenvalue weighted by molar-refractivity contribution is -0.142. The molecule has 37 heavy (non-hydrogen) atoms. The van der Waals surface area contributed by atoms with Gasteiger partial charge in [-0.15, -0.1) is 0 Å². The quantitative estimate of drug-likeness (QED) is 0.294. The van der Waals surface area contributed by atoms with Crippen molar-refractivity contribution < 1.29 is 14.3 Å². The van der Waals surface area contributed by atoms with Gasteiger partial charge in [-0.2, -0.15) is 0 Å². The number of benzene rings is 3. The van der Waals surface area contributed by atoms with E-state index in [2.05, 4.69) is 29.3 Å². The van der Waals surface area contributed by atoms with E-state index in [9.17, 15) is 9.59 Å². The topological polar surface area (TPSA) is 58.6 Å². The summed E-state index contributed by atoms with van der Waals surface area (Å²) in [6, 6.07) is 26.4. The Kier molecular flexibility index (Phi) is 9.66. The molecule has 1 aliphatic rings. The average Bonchev–Trinajstić information content (AvgIpc) is 2.91. The fourth-order valence-electron chi connectivity index (χ4n) is 4.92. The normalized spacial score (nSPS) is 14.5. The van der Waals surface area contributed by atoms with E-state index >= 15 is 0 Å². The first kappa shape index (κ1) is 26.8. The number of carbonyl (C=O) groups is 2. The summed E-state index contributed by atoms with van der Waals surface area (Å²) in [5.41, 5.74) is 2.87. The molecule has 0 radical (unpaired) electrons. The SMILES string of the molecule is CCOC(=O)Cc1ccc(Sc2cccc(NC(=O)N(C3CCCCC3)C(C)c3ccccc3)c2)cc1. The first-order chi connectivity index (χ1) is 18.0. The van der Waals surface area contributed by atoms with Crippen LogP contribution in [0.5, 0.6) is 0 Å². The number of esters is 1. The van der Waals surface area contributed by atoms with Crippen LogP contribution in [-0.4, -0.2) is 29.5 Å². The van der Waals surface area contributed by atoms with Crippen molar-refractivity contribution in [3.63, 3.8) is 0 Å². The number of amides is 2. The molecule has 1 atom stereocenters. The van der Waals surface area contributed by atoms with Crippen molar-refractivity contribution >= 4 is 29.4 Å². The van der Waals surface area contributed by atoms with Gasteiger partial charge in [-0.1, -0.05) is 79.6 Å². The molecule has 0 aromatic heterocycles. The number of hydrogen-bond acceptors (Lipinski definition) is 4. The van der Waals surface area contributed by atoms with Crippen LogP contribution in [0, 0.1) is 0 Å². The number of ether oxygens (including phenoxy) is 1. The van der Waals surface area contributed by atoms with E-state index in [1.54, 1.807) is 11.8 Å². The highest BCUT2D eigenvalue weighted by Gasteiger charge is 2.30. The lowest BCUT2D eigenvalue weighted by atomic mass is 9.92. The van der Waals surface area contributed by atoms with E-state index in [0.717, 1.165) is 39.4 Å². The summed E-state index contributed by atoms with van der Waals surface area (Å²) in [4.78, 5) is 29.5. The highest BCUT2D eigenvalue weighted by atomic mass is 32.2. The molecule has 0 aliphatic heterocycles. The summed E-state index contributed by atoms with van der Waals surface area (Å²) in [5, 5.41) is 3.18. The third kappa shape index (κ3) is 7.62. The van der Waals surface area contributed by atoms with Crippen LogP contribution in [0.3, 0.4) is 0 Å². The Morgan fingerprint density at radius 3 is 2.38 bits per heavy atom. The Hall–Kier alpha value is -3.25. The van der Waals surface area contributed by atoms with Crippen LogP contribution < -0.4 is 5.32 Å². The van der Waals surface area contributed by atoms with Crippen LogP contribution in [-0.2, 0) is 16.0 Å². The molecule has 0 bridgehead atoms. The maximum Gasteiger partial charge on any atom is 0.322 e. The molecule has 1 aliphatic carbocycles. The van der Waals surface area contributed by atoms with Crippen LogP contribution in [0.25, 0.3) is 0 Å². The van der Waals surface area contributed by atoms with Gasteiger partial charge in [-0.05, 0) is 68.1 Å². The van der Waals surface area contributed by atoms with Crippen LogP contribution >= 0.6 is 11.8 Å². The van der Waals surface area contributed by atoms with Gasteiger partial charge in [0.05, 0.1) is 19.1 Å². The molecule has 0 spiro atoms. The molecule has 0 heterocycles. The zero-order valence-corrected chi connectivity index (χ0v) is 22.5. The van der Waals surface area contributed by atoms with Crippen LogP contribution in [0.1, 0.15) is 63.1 Å². The number of hydrogen-bond donors (Lipinski definition) is 1. The third-order valence-electron chi connectivity index (χ3n) is 6.80. The molecule has 3 aromatic rings. The van der Waals surface area contributed by atoms with Crippen molar-refractivity contribution in [2.45, 2.75) is 74.2 Å². The fourth-order valence-corrected chi connectivity index (χ4v) is 5.80. The van der Waals surface area contributed by atoms with E-state index in [4.69, 9.17) is 4.74 Å². The highest BCUT2D eigenvalue weighted by molar-refractivity contribution is 7.99. The van der Waals surface area contributed by atoms with Gasteiger partial charge in [0, 0.05) is 21.5 Å². The minimum Gasteiger partial charge on any atom is -0.466 e. The first-order valence-corrected chi connectivity index (χ1v) is 14.0. The second kappa shape index (κ2) is 13.3. The molecule has 1 N–H and O–H groups in total. The third-order valence-corrected chi connectivity index (χ3v) is 7.80. The Morgan fingerprint density at radius 1 is 0.946 bits per heavy atom. The van der Waals surface area contributed by atoms with Gasteiger partial charge in [0.15, 0.2) is 0 Å². The first-order valence-electron chi connectivity index (χ1n) is 13.2. The Labute approximate surface area is 224 Å². The summed E-state index contributed by atoms with van der Waals surface area (Å²) < 4.78 is 5.03. The molecule has 2 amide bonds. The predicted molar refractivity (Wildman–Crippen MR) is 150 cm³/mol. The minimum absolute atomic E-state index is 0.00465. The van der Waals surface area contributed by atoms with Gasteiger partial charge in [0.1, 0.15) is 0 Å². The lowest BCUT2D eigenvalue weighted by Crippen LogP contribution is -2.45. The summed E-state index contributed by atoms with van der Waals surface area (Å²) in [6.07, 6.45) is 5.95. The molecule has 1 saturated carbocycles. The Balaban J connectivity index is 1.44. The molecule has 194 valence electrons. The van der Waals surface area contributed by atoms with Gasteiger partial charge in [-0.3, -0.25) is 4.79 Å². The number of anilines is 1. The highest BCUT2D eigenvalue weighted by Crippen LogP contribution is 2.33. The van der Waals surface area contributed by atoms with Gasteiger partial charge in [0.25, 0.3) is 0 Å². The number of nitrogens with zero attached hydrogens (tertiary/aromatic N) is 1. The summed E-state index contributed by atoms with van der Waals surface area (Å²) in [6.45, 7) is 4.33. The monoisotopic (exact) mass is 516 g/mol. The molecule has 3 aromatic carbocycles. The Bertz CT molecular complexity index is 1160.